The molecule has 0 heterocycles. The maximum Gasteiger partial charge on any atom is 0.214 e. The highest BCUT2D eigenvalue weighted by Crippen LogP contribution is 2.30. The van der Waals surface area contributed by atoms with E-state index in [0.29, 0.717) is 18.8 Å². The Kier molecular flexibility index (Phi) is 4.08. The van der Waals surface area contributed by atoms with Gasteiger partial charge in [0.2, 0.25) is 10.0 Å². The first-order valence-corrected chi connectivity index (χ1v) is 8.19. The monoisotopic (exact) mass is 263 g/mol. The van der Waals surface area contributed by atoms with Gasteiger partial charge in [-0.3, -0.25) is 0 Å². The molecule has 3 nitrogen and oxygen atoms in total. The summed E-state index contributed by atoms with van der Waals surface area (Å²) in [5.74, 6) is 0.303. The van der Waals surface area contributed by atoms with E-state index in [9.17, 15) is 12.8 Å². The van der Waals surface area contributed by atoms with E-state index in [2.05, 4.69) is 4.72 Å². The van der Waals surface area contributed by atoms with Gasteiger partial charge in [-0.2, -0.15) is 0 Å². The predicted octanol–water partition coefficient (Wildman–Crippen LogP) is 2.38. The molecule has 1 unspecified atom stereocenters. The fraction of sp³-hybridized carbons (Fsp3) is 1.00. The molecule has 0 bridgehead atoms. The molecular formula is C12H22FNO2S. The second kappa shape index (κ2) is 5.22. The van der Waals surface area contributed by atoms with Gasteiger partial charge in [-0.15, -0.1) is 0 Å². The number of alkyl halides is 1. The smallest absolute Gasteiger partial charge is 0.214 e. The molecular weight excluding hydrogens is 241 g/mol. The summed E-state index contributed by atoms with van der Waals surface area (Å²) in [7, 11) is -3.13. The van der Waals surface area contributed by atoms with Crippen LogP contribution in [0.25, 0.3) is 0 Å². The van der Waals surface area contributed by atoms with E-state index in [-0.39, 0.29) is 11.3 Å². The molecule has 1 N–H and O–H groups in total. The largest absolute Gasteiger partial charge is 0.247 e. The zero-order valence-electron chi connectivity index (χ0n) is 10.4. The van der Waals surface area contributed by atoms with Gasteiger partial charge >= 0.3 is 0 Å². The molecule has 0 radical (unpaired) electrons. The number of nitrogens with one attached hydrogen (secondary N) is 1. The molecule has 0 aromatic rings. The van der Waals surface area contributed by atoms with Crippen LogP contribution in [0.4, 0.5) is 4.39 Å². The van der Waals surface area contributed by atoms with Crippen LogP contribution in [0.3, 0.4) is 0 Å². The third-order valence-corrected chi connectivity index (χ3v) is 6.30. The third-order valence-electron chi connectivity index (χ3n) is 4.25. The molecule has 100 valence electrons. The van der Waals surface area contributed by atoms with Gasteiger partial charge in [0, 0.05) is 6.04 Å². The molecule has 0 amide bonds. The Balaban J connectivity index is 1.85. The van der Waals surface area contributed by atoms with E-state index in [1.807, 2.05) is 6.92 Å². The van der Waals surface area contributed by atoms with Gasteiger partial charge in [0.05, 0.1) is 5.25 Å². The van der Waals surface area contributed by atoms with Crippen molar-refractivity contribution in [1.82, 2.24) is 4.72 Å². The van der Waals surface area contributed by atoms with E-state index in [1.54, 1.807) is 0 Å². The molecule has 2 aliphatic carbocycles. The minimum atomic E-state index is -3.13. The first-order chi connectivity index (χ1) is 7.99. The highest BCUT2D eigenvalue weighted by atomic mass is 32.2. The van der Waals surface area contributed by atoms with Crippen LogP contribution in [0.5, 0.6) is 0 Å². The molecule has 0 aromatic carbocycles. The number of sulfonamides is 1. The molecule has 5 heteroatoms. The molecule has 0 saturated heterocycles. The molecule has 0 spiro atoms. The fourth-order valence-electron chi connectivity index (χ4n) is 2.71. The summed E-state index contributed by atoms with van der Waals surface area (Å²) in [6.45, 7) is 1.92. The SMILES string of the molecule is CC(NS(=O)(=O)C1CCC1)C1CCC(F)CC1. The molecule has 1 atom stereocenters. The summed E-state index contributed by atoms with van der Waals surface area (Å²) in [4.78, 5) is 0. The van der Waals surface area contributed by atoms with Crippen molar-refractivity contribution in [3.63, 3.8) is 0 Å². The first kappa shape index (κ1) is 13.3. The molecule has 2 aliphatic rings. The lowest BCUT2D eigenvalue weighted by molar-refractivity contribution is 0.189. The zero-order chi connectivity index (χ0) is 12.5. The van der Waals surface area contributed by atoms with Crippen molar-refractivity contribution < 1.29 is 12.8 Å². The Hall–Kier alpha value is -0.160. The van der Waals surface area contributed by atoms with Crippen LogP contribution in [0.1, 0.15) is 51.9 Å². The average Bonchev–Trinajstić information content (AvgIpc) is 2.13. The summed E-state index contributed by atoms with van der Waals surface area (Å²) in [6, 6.07) is -0.0481. The van der Waals surface area contributed by atoms with Crippen molar-refractivity contribution in [1.29, 1.82) is 0 Å². The predicted molar refractivity (Wildman–Crippen MR) is 66.0 cm³/mol. The Labute approximate surface area is 103 Å². The standard InChI is InChI=1S/C12H22FNO2S/c1-9(10-5-7-11(13)8-6-10)14-17(15,16)12-3-2-4-12/h9-12,14H,2-8H2,1H3. The van der Waals surface area contributed by atoms with Gasteiger partial charge in [-0.05, 0) is 51.4 Å². The van der Waals surface area contributed by atoms with Crippen molar-refractivity contribution in [2.75, 3.05) is 0 Å². The number of halogens is 1. The van der Waals surface area contributed by atoms with E-state index < -0.39 is 16.2 Å². The van der Waals surface area contributed by atoms with Crippen molar-refractivity contribution in [2.45, 2.75) is 69.3 Å². The van der Waals surface area contributed by atoms with Crippen molar-refractivity contribution >= 4 is 10.0 Å². The highest BCUT2D eigenvalue weighted by molar-refractivity contribution is 7.90. The van der Waals surface area contributed by atoms with Crippen LogP contribution in [-0.2, 0) is 10.0 Å². The molecule has 0 aliphatic heterocycles. The van der Waals surface area contributed by atoms with Crippen LogP contribution in [0.2, 0.25) is 0 Å². The third kappa shape index (κ3) is 3.19. The molecule has 0 aromatic heterocycles. The Bertz CT molecular complexity index is 346. The quantitative estimate of drug-likeness (QED) is 0.846. The summed E-state index contributed by atoms with van der Waals surface area (Å²) >= 11 is 0. The lowest BCUT2D eigenvalue weighted by Gasteiger charge is -2.32. The van der Waals surface area contributed by atoms with Gasteiger partial charge in [0.25, 0.3) is 0 Å². The first-order valence-electron chi connectivity index (χ1n) is 6.64. The average molecular weight is 263 g/mol. The van der Waals surface area contributed by atoms with E-state index in [1.165, 1.54) is 0 Å². The van der Waals surface area contributed by atoms with Crippen LogP contribution in [-0.4, -0.2) is 25.9 Å². The molecule has 2 rings (SSSR count). The molecule has 2 fully saturated rings. The van der Waals surface area contributed by atoms with Crippen molar-refractivity contribution in [3.8, 4) is 0 Å². The lowest BCUT2D eigenvalue weighted by atomic mass is 9.84. The van der Waals surface area contributed by atoms with Gasteiger partial charge in [0.1, 0.15) is 6.17 Å². The Morgan fingerprint density at radius 1 is 1.12 bits per heavy atom. The summed E-state index contributed by atoms with van der Waals surface area (Å²) < 4.78 is 39.7. The van der Waals surface area contributed by atoms with Gasteiger partial charge in [-0.25, -0.2) is 17.5 Å². The van der Waals surface area contributed by atoms with Gasteiger partial charge < -0.3 is 0 Å². The van der Waals surface area contributed by atoms with E-state index in [4.69, 9.17) is 0 Å². The fourth-order valence-corrected chi connectivity index (χ4v) is 4.57. The number of hydrogen-bond acceptors (Lipinski definition) is 2. The van der Waals surface area contributed by atoms with E-state index >= 15 is 0 Å². The summed E-state index contributed by atoms with van der Waals surface area (Å²) in [5, 5.41) is -0.178. The highest BCUT2D eigenvalue weighted by Gasteiger charge is 2.34. The molecule has 17 heavy (non-hydrogen) atoms. The maximum atomic E-state index is 13.0. The Morgan fingerprint density at radius 2 is 1.71 bits per heavy atom. The van der Waals surface area contributed by atoms with Crippen LogP contribution in [0, 0.1) is 5.92 Å². The second-order valence-electron chi connectivity index (χ2n) is 5.52. The van der Waals surface area contributed by atoms with Crippen molar-refractivity contribution in [2.24, 2.45) is 5.92 Å². The van der Waals surface area contributed by atoms with Crippen LogP contribution < -0.4 is 4.72 Å². The summed E-state index contributed by atoms with van der Waals surface area (Å²) in [5.41, 5.74) is 0. The Morgan fingerprint density at radius 3 is 2.18 bits per heavy atom. The maximum absolute atomic E-state index is 13.0. The normalized spacial score (nSPS) is 33.1. The van der Waals surface area contributed by atoms with Crippen molar-refractivity contribution in [3.05, 3.63) is 0 Å². The zero-order valence-corrected chi connectivity index (χ0v) is 11.2. The minimum Gasteiger partial charge on any atom is -0.247 e. The van der Waals surface area contributed by atoms with Gasteiger partial charge in [0.15, 0.2) is 0 Å². The van der Waals surface area contributed by atoms with Gasteiger partial charge in [-0.1, -0.05) is 6.42 Å². The lowest BCUT2D eigenvalue weighted by Crippen LogP contribution is -2.46. The number of hydrogen-bond donors (Lipinski definition) is 1. The molecule has 2 saturated carbocycles. The minimum absolute atomic E-state index is 0.0481. The topological polar surface area (TPSA) is 46.2 Å². The van der Waals surface area contributed by atoms with Crippen LogP contribution >= 0.6 is 0 Å². The van der Waals surface area contributed by atoms with Crippen LogP contribution in [0.15, 0.2) is 0 Å². The van der Waals surface area contributed by atoms with E-state index in [0.717, 1.165) is 32.1 Å². The summed E-state index contributed by atoms with van der Waals surface area (Å²) in [6.07, 6.45) is 4.69. The number of rotatable bonds is 4. The second-order valence-corrected chi connectivity index (χ2v) is 7.51.